The smallest absolute Gasteiger partial charge is 0.227 e. The minimum atomic E-state index is 0.0705. The summed E-state index contributed by atoms with van der Waals surface area (Å²) >= 11 is 0. The average molecular weight is 277 g/mol. The van der Waals surface area contributed by atoms with Crippen molar-refractivity contribution in [2.75, 3.05) is 26.8 Å². The average Bonchev–Trinajstić information content (AvgIpc) is 2.95. The molecule has 3 heterocycles. The Morgan fingerprint density at radius 2 is 2.45 bits per heavy atom. The molecule has 0 saturated carbocycles. The predicted molar refractivity (Wildman–Crippen MR) is 75.2 cm³/mol. The largest absolute Gasteiger partial charge is 0.381 e. The van der Waals surface area contributed by atoms with Gasteiger partial charge in [0, 0.05) is 45.6 Å². The van der Waals surface area contributed by atoms with E-state index in [1.54, 1.807) is 0 Å². The van der Waals surface area contributed by atoms with Crippen molar-refractivity contribution in [3.63, 3.8) is 0 Å². The van der Waals surface area contributed by atoms with E-state index in [0.29, 0.717) is 12.5 Å². The summed E-state index contributed by atoms with van der Waals surface area (Å²) in [7, 11) is 1.93. The number of aromatic nitrogens is 2. The summed E-state index contributed by atoms with van der Waals surface area (Å²) in [6, 6.07) is 0. The molecule has 0 spiro atoms. The van der Waals surface area contributed by atoms with Crippen molar-refractivity contribution >= 4 is 5.91 Å². The molecule has 3 rings (SSSR count). The fourth-order valence-electron chi connectivity index (χ4n) is 3.31. The van der Waals surface area contributed by atoms with Crippen LogP contribution in [0.3, 0.4) is 0 Å². The van der Waals surface area contributed by atoms with Crippen LogP contribution in [-0.2, 0) is 22.5 Å². The summed E-state index contributed by atoms with van der Waals surface area (Å²) in [6.07, 6.45) is 8.03. The Morgan fingerprint density at radius 1 is 1.55 bits per heavy atom. The number of ether oxygens (including phenoxy) is 1. The van der Waals surface area contributed by atoms with Crippen LogP contribution in [0.1, 0.15) is 25.1 Å². The fourth-order valence-corrected chi connectivity index (χ4v) is 3.31. The molecule has 110 valence electrons. The first-order chi connectivity index (χ1) is 9.74. The summed E-state index contributed by atoms with van der Waals surface area (Å²) < 4.78 is 7.64. The zero-order valence-electron chi connectivity index (χ0n) is 12.1. The molecular formula is C15H23N3O2. The molecule has 0 bridgehead atoms. The third-order valence-electron chi connectivity index (χ3n) is 4.45. The molecule has 1 amide bonds. The molecule has 1 fully saturated rings. The van der Waals surface area contributed by atoms with Crippen LogP contribution in [0.15, 0.2) is 12.4 Å². The van der Waals surface area contributed by atoms with Crippen LogP contribution in [0, 0.1) is 11.8 Å². The standard InChI is InChI=1S/C15H23N3O2/c1-17(15(19)13-3-2-8-20-11-13)9-12-4-5-14-16-6-7-18(14)10-12/h6-7,12-13H,2-5,8-11H2,1H3. The second kappa shape index (κ2) is 5.95. The molecule has 5 nitrogen and oxygen atoms in total. The Bertz CT molecular complexity index is 465. The van der Waals surface area contributed by atoms with Gasteiger partial charge in [0.2, 0.25) is 5.91 Å². The number of aryl methyl sites for hydroxylation is 1. The number of nitrogens with zero attached hydrogens (tertiary/aromatic N) is 3. The van der Waals surface area contributed by atoms with Crippen LogP contribution >= 0.6 is 0 Å². The molecule has 2 aliphatic rings. The van der Waals surface area contributed by atoms with Gasteiger partial charge in [0.15, 0.2) is 0 Å². The molecule has 20 heavy (non-hydrogen) atoms. The Labute approximate surface area is 119 Å². The van der Waals surface area contributed by atoms with Gasteiger partial charge in [-0.15, -0.1) is 0 Å². The molecule has 1 aromatic heterocycles. The highest BCUT2D eigenvalue weighted by molar-refractivity contribution is 5.78. The maximum Gasteiger partial charge on any atom is 0.227 e. The van der Waals surface area contributed by atoms with Crippen LogP contribution in [0.4, 0.5) is 0 Å². The van der Waals surface area contributed by atoms with Crippen LogP contribution in [0.2, 0.25) is 0 Å². The first-order valence-corrected chi connectivity index (χ1v) is 7.57. The molecule has 5 heteroatoms. The molecular weight excluding hydrogens is 254 g/mol. The first-order valence-electron chi connectivity index (χ1n) is 7.57. The molecule has 1 saturated heterocycles. The Hall–Kier alpha value is -1.36. The summed E-state index contributed by atoms with van der Waals surface area (Å²) in [5.74, 6) is 2.04. The number of carbonyl (C=O) groups is 1. The van der Waals surface area contributed by atoms with E-state index < -0.39 is 0 Å². The van der Waals surface area contributed by atoms with Gasteiger partial charge < -0.3 is 14.2 Å². The van der Waals surface area contributed by atoms with Gasteiger partial charge in [0.05, 0.1) is 12.5 Å². The van der Waals surface area contributed by atoms with Gasteiger partial charge in [0.25, 0.3) is 0 Å². The van der Waals surface area contributed by atoms with Gasteiger partial charge in [0.1, 0.15) is 5.82 Å². The van der Waals surface area contributed by atoms with Gasteiger partial charge in [-0.3, -0.25) is 4.79 Å². The minimum absolute atomic E-state index is 0.0705. The van der Waals surface area contributed by atoms with Crippen molar-refractivity contribution in [3.05, 3.63) is 18.2 Å². The highest BCUT2D eigenvalue weighted by Gasteiger charge is 2.27. The topological polar surface area (TPSA) is 47.4 Å². The Balaban J connectivity index is 1.54. The Kier molecular flexibility index (Phi) is 4.05. The lowest BCUT2D eigenvalue weighted by molar-refractivity contribution is -0.139. The van der Waals surface area contributed by atoms with Crippen molar-refractivity contribution in [2.45, 2.75) is 32.2 Å². The summed E-state index contributed by atoms with van der Waals surface area (Å²) in [5.41, 5.74) is 0. The fraction of sp³-hybridized carbons (Fsp3) is 0.733. The van der Waals surface area contributed by atoms with E-state index in [-0.39, 0.29) is 11.8 Å². The number of hydrogen-bond acceptors (Lipinski definition) is 3. The lowest BCUT2D eigenvalue weighted by Gasteiger charge is -2.31. The molecule has 2 unspecified atom stereocenters. The normalized spacial score (nSPS) is 26.1. The molecule has 0 aliphatic carbocycles. The quantitative estimate of drug-likeness (QED) is 0.837. The SMILES string of the molecule is CN(CC1CCc2nccn2C1)C(=O)C1CCCOC1. The van der Waals surface area contributed by atoms with Crippen molar-refractivity contribution < 1.29 is 9.53 Å². The monoisotopic (exact) mass is 277 g/mol. The minimum Gasteiger partial charge on any atom is -0.381 e. The third kappa shape index (κ3) is 2.87. The van der Waals surface area contributed by atoms with E-state index in [1.165, 1.54) is 5.82 Å². The van der Waals surface area contributed by atoms with E-state index in [9.17, 15) is 4.79 Å². The van der Waals surface area contributed by atoms with Gasteiger partial charge in [-0.25, -0.2) is 4.98 Å². The van der Waals surface area contributed by atoms with E-state index in [1.807, 2.05) is 24.3 Å². The lowest BCUT2D eigenvalue weighted by Crippen LogP contribution is -2.41. The van der Waals surface area contributed by atoms with Crippen LogP contribution < -0.4 is 0 Å². The van der Waals surface area contributed by atoms with E-state index in [4.69, 9.17) is 4.74 Å². The van der Waals surface area contributed by atoms with Crippen LogP contribution in [-0.4, -0.2) is 47.2 Å². The number of amides is 1. The third-order valence-corrected chi connectivity index (χ3v) is 4.45. The lowest BCUT2D eigenvalue weighted by atomic mass is 9.97. The van der Waals surface area contributed by atoms with Crippen LogP contribution in [0.25, 0.3) is 0 Å². The second-order valence-electron chi connectivity index (χ2n) is 6.03. The Morgan fingerprint density at radius 3 is 3.25 bits per heavy atom. The highest BCUT2D eigenvalue weighted by Crippen LogP contribution is 2.21. The van der Waals surface area contributed by atoms with E-state index in [0.717, 1.165) is 45.4 Å². The molecule has 2 aliphatic heterocycles. The summed E-state index contributed by atoms with van der Waals surface area (Å²) in [6.45, 7) is 3.22. The van der Waals surface area contributed by atoms with Crippen molar-refractivity contribution in [1.29, 1.82) is 0 Å². The highest BCUT2D eigenvalue weighted by atomic mass is 16.5. The van der Waals surface area contributed by atoms with Gasteiger partial charge in [-0.05, 0) is 25.2 Å². The van der Waals surface area contributed by atoms with E-state index >= 15 is 0 Å². The predicted octanol–water partition coefficient (Wildman–Crippen LogP) is 1.33. The van der Waals surface area contributed by atoms with Crippen LogP contribution in [0.5, 0.6) is 0 Å². The molecule has 0 N–H and O–H groups in total. The maximum absolute atomic E-state index is 12.4. The van der Waals surface area contributed by atoms with Gasteiger partial charge in [-0.1, -0.05) is 0 Å². The second-order valence-corrected chi connectivity index (χ2v) is 6.03. The summed E-state index contributed by atoms with van der Waals surface area (Å²) in [4.78, 5) is 18.6. The molecule has 0 aromatic carbocycles. The number of carbonyl (C=O) groups excluding carboxylic acids is 1. The number of rotatable bonds is 3. The maximum atomic E-state index is 12.4. The van der Waals surface area contributed by atoms with Gasteiger partial charge >= 0.3 is 0 Å². The van der Waals surface area contributed by atoms with Crippen molar-refractivity contribution in [1.82, 2.24) is 14.5 Å². The first kappa shape index (κ1) is 13.6. The molecule has 0 radical (unpaired) electrons. The van der Waals surface area contributed by atoms with Crippen molar-refractivity contribution in [2.24, 2.45) is 11.8 Å². The number of fused-ring (bicyclic) bond motifs is 1. The molecule has 2 atom stereocenters. The molecule has 1 aromatic rings. The number of imidazole rings is 1. The zero-order chi connectivity index (χ0) is 13.9. The van der Waals surface area contributed by atoms with Gasteiger partial charge in [-0.2, -0.15) is 0 Å². The zero-order valence-corrected chi connectivity index (χ0v) is 12.1. The van der Waals surface area contributed by atoms with Crippen molar-refractivity contribution in [3.8, 4) is 0 Å². The summed E-state index contributed by atoms with van der Waals surface area (Å²) in [5, 5.41) is 0. The number of hydrogen-bond donors (Lipinski definition) is 0. The van der Waals surface area contributed by atoms with E-state index in [2.05, 4.69) is 9.55 Å².